The fourth-order valence-corrected chi connectivity index (χ4v) is 4.05. The van der Waals surface area contributed by atoms with Crippen molar-refractivity contribution < 1.29 is 47.9 Å². The zero-order chi connectivity index (χ0) is 27.2. The minimum Gasteiger partial charge on any atom is -0.491 e. The highest BCUT2D eigenvalue weighted by atomic mass is 16.6. The van der Waals surface area contributed by atoms with E-state index in [9.17, 15) is 19.5 Å². The largest absolute Gasteiger partial charge is 0.491 e. The predicted octanol–water partition coefficient (Wildman–Crippen LogP) is -0.641. The van der Waals surface area contributed by atoms with Crippen molar-refractivity contribution in [2.24, 2.45) is 5.73 Å². The molecular formula is C25H37N3O10. The van der Waals surface area contributed by atoms with E-state index in [1.807, 2.05) is 0 Å². The maximum Gasteiger partial charge on any atom is 0.257 e. The lowest BCUT2D eigenvalue weighted by atomic mass is 10.0. The zero-order valence-corrected chi connectivity index (χ0v) is 21.4. The molecule has 1 aromatic carbocycles. The molecule has 0 bridgehead atoms. The lowest BCUT2D eigenvalue weighted by molar-refractivity contribution is -0.139. The van der Waals surface area contributed by atoms with Crippen LogP contribution in [-0.2, 0) is 33.3 Å². The van der Waals surface area contributed by atoms with E-state index in [-0.39, 0.29) is 31.6 Å². The van der Waals surface area contributed by atoms with E-state index >= 15 is 0 Å². The molecule has 2 unspecified atom stereocenters. The molecule has 0 radical (unpaired) electrons. The van der Waals surface area contributed by atoms with Crippen LogP contribution in [0.25, 0.3) is 0 Å². The van der Waals surface area contributed by atoms with Crippen molar-refractivity contribution in [2.75, 3.05) is 79.2 Å². The van der Waals surface area contributed by atoms with E-state index < -0.39 is 30.0 Å². The van der Waals surface area contributed by atoms with Gasteiger partial charge in [0.15, 0.2) is 6.23 Å². The lowest BCUT2D eigenvalue weighted by Crippen LogP contribution is -2.53. The fraction of sp³-hybridized carbons (Fsp3) is 0.640. The highest BCUT2D eigenvalue weighted by molar-refractivity contribution is 6.06. The second-order valence-corrected chi connectivity index (χ2v) is 8.47. The SMILES string of the molecule is NCCOCCOCCOCCOCCOCCOc1cccc2c1C(O)N(C1CCC(=O)NC1=O)C2=O. The number of fused-ring (bicyclic) bond motifs is 1. The molecule has 2 atom stereocenters. The number of nitrogens with zero attached hydrogens (tertiary/aromatic N) is 1. The minimum absolute atomic E-state index is 0.0993. The number of amides is 3. The van der Waals surface area contributed by atoms with Crippen molar-refractivity contribution >= 4 is 17.7 Å². The molecule has 38 heavy (non-hydrogen) atoms. The molecule has 1 aromatic rings. The van der Waals surface area contributed by atoms with Gasteiger partial charge < -0.3 is 39.3 Å². The number of aliphatic hydroxyl groups is 1. The van der Waals surface area contributed by atoms with E-state index in [1.165, 1.54) is 0 Å². The second kappa shape index (κ2) is 16.3. The number of aliphatic hydroxyl groups excluding tert-OH is 1. The normalized spacial score (nSPS) is 19.1. The Balaban J connectivity index is 1.26. The smallest absolute Gasteiger partial charge is 0.257 e. The number of piperidine rings is 1. The topological polar surface area (TPSA) is 168 Å². The van der Waals surface area contributed by atoms with Crippen molar-refractivity contribution in [2.45, 2.75) is 25.1 Å². The van der Waals surface area contributed by atoms with E-state index in [4.69, 9.17) is 34.2 Å². The second-order valence-electron chi connectivity index (χ2n) is 8.47. The van der Waals surface area contributed by atoms with Gasteiger partial charge >= 0.3 is 0 Å². The molecular weight excluding hydrogens is 502 g/mol. The van der Waals surface area contributed by atoms with Crippen molar-refractivity contribution in [3.05, 3.63) is 29.3 Å². The molecule has 0 spiro atoms. The average molecular weight is 540 g/mol. The summed E-state index contributed by atoms with van der Waals surface area (Å²) in [4.78, 5) is 37.7. The Hall–Kier alpha value is -2.65. The molecule has 1 fully saturated rings. The first-order chi connectivity index (χ1) is 18.5. The number of imide groups is 1. The van der Waals surface area contributed by atoms with Crippen LogP contribution in [0.3, 0.4) is 0 Å². The van der Waals surface area contributed by atoms with Crippen molar-refractivity contribution in [1.29, 1.82) is 0 Å². The summed E-state index contributed by atoms with van der Waals surface area (Å²) in [5.41, 5.74) is 5.88. The Morgan fingerprint density at radius 2 is 1.39 bits per heavy atom. The quantitative estimate of drug-likeness (QED) is 0.151. The number of hydrogen-bond donors (Lipinski definition) is 3. The average Bonchev–Trinajstić information content (AvgIpc) is 3.16. The van der Waals surface area contributed by atoms with E-state index in [0.717, 1.165) is 4.90 Å². The summed E-state index contributed by atoms with van der Waals surface area (Å²) in [6.45, 7) is 5.13. The van der Waals surface area contributed by atoms with Gasteiger partial charge in [0.2, 0.25) is 11.8 Å². The lowest BCUT2D eigenvalue weighted by Gasteiger charge is -2.32. The van der Waals surface area contributed by atoms with Crippen LogP contribution >= 0.6 is 0 Å². The van der Waals surface area contributed by atoms with Gasteiger partial charge in [-0.25, -0.2) is 0 Å². The first kappa shape index (κ1) is 29.9. The van der Waals surface area contributed by atoms with Gasteiger partial charge in [-0.05, 0) is 18.6 Å². The summed E-state index contributed by atoms with van der Waals surface area (Å²) in [7, 11) is 0. The van der Waals surface area contributed by atoms with E-state index in [0.29, 0.717) is 77.3 Å². The number of nitrogens with one attached hydrogen (secondary N) is 1. The van der Waals surface area contributed by atoms with E-state index in [1.54, 1.807) is 18.2 Å². The van der Waals surface area contributed by atoms with Crippen LogP contribution in [0.5, 0.6) is 5.75 Å². The summed E-state index contributed by atoms with van der Waals surface area (Å²) in [6, 6.07) is 3.94. The summed E-state index contributed by atoms with van der Waals surface area (Å²) in [5, 5.41) is 13.1. The molecule has 4 N–H and O–H groups in total. The first-order valence-electron chi connectivity index (χ1n) is 12.7. The van der Waals surface area contributed by atoms with Gasteiger partial charge in [0.25, 0.3) is 5.91 Å². The van der Waals surface area contributed by atoms with Crippen LogP contribution in [0.4, 0.5) is 0 Å². The Bertz CT molecular complexity index is 915. The molecule has 212 valence electrons. The molecule has 2 aliphatic rings. The number of hydrogen-bond acceptors (Lipinski definition) is 11. The fourth-order valence-electron chi connectivity index (χ4n) is 4.05. The van der Waals surface area contributed by atoms with Gasteiger partial charge in [-0.3, -0.25) is 24.6 Å². The predicted molar refractivity (Wildman–Crippen MR) is 132 cm³/mol. The molecule has 0 aliphatic carbocycles. The third-order valence-electron chi connectivity index (χ3n) is 5.83. The molecule has 2 aliphatic heterocycles. The number of benzene rings is 1. The molecule has 0 saturated carbocycles. The van der Waals surface area contributed by atoms with Gasteiger partial charge in [-0.1, -0.05) is 6.07 Å². The Morgan fingerprint density at radius 1 is 0.842 bits per heavy atom. The third-order valence-corrected chi connectivity index (χ3v) is 5.83. The van der Waals surface area contributed by atoms with Gasteiger partial charge in [-0.2, -0.15) is 0 Å². The van der Waals surface area contributed by atoms with Gasteiger partial charge in [-0.15, -0.1) is 0 Å². The van der Waals surface area contributed by atoms with Crippen LogP contribution in [0.2, 0.25) is 0 Å². The van der Waals surface area contributed by atoms with Crippen LogP contribution in [-0.4, -0.2) is 113 Å². The molecule has 2 heterocycles. The van der Waals surface area contributed by atoms with Crippen LogP contribution < -0.4 is 15.8 Å². The third kappa shape index (κ3) is 8.70. The highest BCUT2D eigenvalue weighted by Gasteiger charge is 2.45. The summed E-state index contributed by atoms with van der Waals surface area (Å²) >= 11 is 0. The summed E-state index contributed by atoms with van der Waals surface area (Å²) < 4.78 is 32.7. The van der Waals surface area contributed by atoms with E-state index in [2.05, 4.69) is 5.32 Å². The number of carbonyl (C=O) groups excluding carboxylic acids is 3. The van der Waals surface area contributed by atoms with Crippen LogP contribution in [0, 0.1) is 0 Å². The van der Waals surface area contributed by atoms with Gasteiger partial charge in [0.1, 0.15) is 18.4 Å². The van der Waals surface area contributed by atoms with Gasteiger partial charge in [0, 0.05) is 13.0 Å². The molecule has 0 aromatic heterocycles. The van der Waals surface area contributed by atoms with Crippen molar-refractivity contribution in [3.63, 3.8) is 0 Å². The number of ether oxygens (including phenoxy) is 6. The molecule has 13 heteroatoms. The highest BCUT2D eigenvalue weighted by Crippen LogP contribution is 2.40. The van der Waals surface area contributed by atoms with Crippen LogP contribution in [0.1, 0.15) is 35.0 Å². The monoisotopic (exact) mass is 539 g/mol. The maximum absolute atomic E-state index is 12.9. The van der Waals surface area contributed by atoms with Crippen LogP contribution in [0.15, 0.2) is 18.2 Å². The molecule has 13 nitrogen and oxygen atoms in total. The molecule has 3 amide bonds. The summed E-state index contributed by atoms with van der Waals surface area (Å²) in [5.74, 6) is -1.14. The minimum atomic E-state index is -1.35. The standard InChI is InChI=1S/C25H37N3O10/c26-6-7-33-8-9-34-10-11-35-12-13-36-14-15-37-16-17-38-20-3-1-2-18-22(20)25(32)28(24(18)31)19-4-5-21(29)27-23(19)30/h1-3,19,25,32H,4-17,26H2,(H,27,29,30). The Labute approximate surface area is 221 Å². The number of carbonyl (C=O) groups is 3. The molecule has 3 rings (SSSR count). The summed E-state index contributed by atoms with van der Waals surface area (Å²) in [6.07, 6.45) is -1.10. The number of rotatable bonds is 19. The maximum atomic E-state index is 12.9. The zero-order valence-electron chi connectivity index (χ0n) is 21.4. The molecule has 1 saturated heterocycles. The van der Waals surface area contributed by atoms with Crippen molar-refractivity contribution in [3.8, 4) is 5.75 Å². The van der Waals surface area contributed by atoms with Gasteiger partial charge in [0.05, 0.1) is 77.2 Å². The van der Waals surface area contributed by atoms with Crippen molar-refractivity contribution in [1.82, 2.24) is 10.2 Å². The number of nitrogens with two attached hydrogens (primary N) is 1. The Morgan fingerprint density at radius 3 is 1.95 bits per heavy atom. The Kier molecular flexibility index (Phi) is 12.9. The first-order valence-corrected chi connectivity index (χ1v) is 12.7.